The van der Waals surface area contributed by atoms with Crippen LogP contribution in [0.1, 0.15) is 30.1 Å². The van der Waals surface area contributed by atoms with Crippen molar-refractivity contribution >= 4 is 17.3 Å². The van der Waals surface area contributed by atoms with Crippen LogP contribution in [0.25, 0.3) is 0 Å². The predicted molar refractivity (Wildman–Crippen MR) is 54.8 cm³/mol. The Morgan fingerprint density at radius 1 is 1.59 bits per heavy atom. The number of carboxylic acid groups (broad SMARTS) is 1. The first-order chi connectivity index (χ1) is 7.87. The number of hydrogen-bond donors (Lipinski definition) is 1. The second-order valence-corrected chi connectivity index (χ2v) is 5.13. The van der Waals surface area contributed by atoms with Crippen molar-refractivity contribution in [2.75, 3.05) is 0 Å². The first kappa shape index (κ1) is 12.3. The number of alkyl halides is 3. The van der Waals surface area contributed by atoms with E-state index in [4.69, 9.17) is 5.11 Å². The van der Waals surface area contributed by atoms with Gasteiger partial charge < -0.3 is 5.11 Å². The van der Waals surface area contributed by atoms with Crippen LogP contribution in [0.2, 0.25) is 0 Å². The normalized spacial score (nSPS) is 19.9. The van der Waals surface area contributed by atoms with Gasteiger partial charge in [0.25, 0.3) is 0 Å². The molecule has 3 nitrogen and oxygen atoms in total. The maximum atomic E-state index is 13.0. The Bertz CT molecular complexity index is 412. The van der Waals surface area contributed by atoms with E-state index in [1.54, 1.807) is 0 Å². The van der Waals surface area contributed by atoms with Crippen molar-refractivity contribution in [1.82, 2.24) is 4.98 Å². The summed E-state index contributed by atoms with van der Waals surface area (Å²) in [5.41, 5.74) is -0.422. The van der Waals surface area contributed by atoms with Crippen LogP contribution in [0.4, 0.5) is 13.2 Å². The van der Waals surface area contributed by atoms with E-state index in [1.165, 1.54) is 11.7 Å². The number of halogens is 3. The largest absolute Gasteiger partial charge is 0.481 e. The van der Waals surface area contributed by atoms with Gasteiger partial charge in [0.2, 0.25) is 0 Å². The highest BCUT2D eigenvalue weighted by Crippen LogP contribution is 2.66. The van der Waals surface area contributed by atoms with Gasteiger partial charge in [-0.15, -0.1) is 11.3 Å². The third-order valence-electron chi connectivity index (χ3n) is 3.19. The van der Waals surface area contributed by atoms with E-state index in [-0.39, 0.29) is 12.8 Å². The van der Waals surface area contributed by atoms with Gasteiger partial charge in [0.15, 0.2) is 0 Å². The molecule has 7 heteroatoms. The fourth-order valence-electron chi connectivity index (χ4n) is 2.10. The summed E-state index contributed by atoms with van der Waals surface area (Å²) in [5, 5.41) is 8.76. The molecule has 0 aromatic carbocycles. The number of aromatic nitrogens is 1. The Morgan fingerprint density at radius 2 is 2.24 bits per heavy atom. The van der Waals surface area contributed by atoms with Crippen molar-refractivity contribution in [2.45, 2.75) is 31.4 Å². The van der Waals surface area contributed by atoms with Crippen molar-refractivity contribution in [3.63, 3.8) is 0 Å². The molecule has 0 bridgehead atoms. The van der Waals surface area contributed by atoms with Crippen molar-refractivity contribution in [3.8, 4) is 0 Å². The van der Waals surface area contributed by atoms with Gasteiger partial charge in [-0.2, -0.15) is 13.2 Å². The monoisotopic (exact) mass is 265 g/mol. The number of rotatable bonds is 4. The number of nitrogens with zero attached hydrogens (tertiary/aromatic N) is 1. The summed E-state index contributed by atoms with van der Waals surface area (Å²) in [4.78, 5) is 14.9. The minimum atomic E-state index is -4.35. The highest BCUT2D eigenvalue weighted by molar-refractivity contribution is 7.09. The molecule has 1 unspecified atom stereocenters. The zero-order valence-electron chi connectivity index (χ0n) is 8.70. The quantitative estimate of drug-likeness (QED) is 0.910. The molecule has 1 aliphatic carbocycles. The molecule has 1 atom stereocenters. The highest BCUT2D eigenvalue weighted by atomic mass is 32.1. The predicted octanol–water partition coefficient (Wildman–Crippen LogP) is 3.04. The maximum absolute atomic E-state index is 13.0. The lowest BCUT2D eigenvalue weighted by molar-refractivity contribution is -0.195. The van der Waals surface area contributed by atoms with E-state index in [0.717, 1.165) is 11.3 Å². The Balaban J connectivity index is 2.32. The molecule has 17 heavy (non-hydrogen) atoms. The first-order valence-electron chi connectivity index (χ1n) is 5.04. The lowest BCUT2D eigenvalue weighted by Gasteiger charge is -2.26. The van der Waals surface area contributed by atoms with Gasteiger partial charge in [0.05, 0.1) is 17.3 Å². The SMILES string of the molecule is O=C(O)CC(c1cncs1)C1(C(F)(F)F)CC1. The van der Waals surface area contributed by atoms with Gasteiger partial charge in [-0.1, -0.05) is 0 Å². The number of aliphatic carboxylic acids is 1. The highest BCUT2D eigenvalue weighted by Gasteiger charge is 2.67. The lowest BCUT2D eigenvalue weighted by Crippen LogP contribution is -2.32. The van der Waals surface area contributed by atoms with E-state index in [2.05, 4.69) is 4.98 Å². The number of hydrogen-bond acceptors (Lipinski definition) is 3. The Labute approximate surface area is 99.3 Å². The topological polar surface area (TPSA) is 50.2 Å². The van der Waals surface area contributed by atoms with E-state index in [1.807, 2.05) is 0 Å². The molecule has 1 N–H and O–H groups in total. The molecule has 0 amide bonds. The van der Waals surface area contributed by atoms with Crippen molar-refractivity contribution in [3.05, 3.63) is 16.6 Å². The lowest BCUT2D eigenvalue weighted by atomic mass is 9.84. The van der Waals surface area contributed by atoms with Crippen LogP contribution in [0.3, 0.4) is 0 Å². The van der Waals surface area contributed by atoms with Crippen LogP contribution in [-0.2, 0) is 4.79 Å². The fourth-order valence-corrected chi connectivity index (χ4v) is 2.94. The average Bonchev–Trinajstić information content (AvgIpc) is 2.83. The van der Waals surface area contributed by atoms with Gasteiger partial charge in [0.1, 0.15) is 0 Å². The molecule has 1 aromatic heterocycles. The van der Waals surface area contributed by atoms with E-state index in [0.29, 0.717) is 4.88 Å². The van der Waals surface area contributed by atoms with Gasteiger partial charge >= 0.3 is 12.1 Å². The van der Waals surface area contributed by atoms with Gasteiger partial charge in [-0.3, -0.25) is 9.78 Å². The third kappa shape index (κ3) is 2.15. The standard InChI is InChI=1S/C10H10F3NO2S/c11-10(12,13)9(1-2-9)6(3-8(15)16)7-4-14-5-17-7/h4-6H,1-3H2,(H,15,16). The fraction of sp³-hybridized carbons (Fsp3) is 0.600. The first-order valence-corrected chi connectivity index (χ1v) is 5.92. The molecular formula is C10H10F3NO2S. The second kappa shape index (κ2) is 3.97. The molecule has 94 valence electrons. The zero-order valence-corrected chi connectivity index (χ0v) is 9.51. The summed E-state index contributed by atoms with van der Waals surface area (Å²) < 4.78 is 38.9. The maximum Gasteiger partial charge on any atom is 0.395 e. The molecular weight excluding hydrogens is 255 g/mol. The van der Waals surface area contributed by atoms with E-state index >= 15 is 0 Å². The summed E-state index contributed by atoms with van der Waals surface area (Å²) >= 11 is 1.08. The number of thiazole rings is 1. The van der Waals surface area contributed by atoms with Crippen molar-refractivity contribution in [2.24, 2.45) is 5.41 Å². The second-order valence-electron chi connectivity index (χ2n) is 4.21. The molecule has 2 rings (SSSR count). The van der Waals surface area contributed by atoms with Crippen LogP contribution in [0, 0.1) is 5.41 Å². The average molecular weight is 265 g/mol. The van der Waals surface area contributed by atoms with Crippen molar-refractivity contribution in [1.29, 1.82) is 0 Å². The molecule has 0 saturated heterocycles. The Hall–Kier alpha value is -1.11. The number of carbonyl (C=O) groups is 1. The smallest absolute Gasteiger partial charge is 0.395 e. The summed E-state index contributed by atoms with van der Waals surface area (Å²) in [6, 6.07) is 0. The molecule has 1 heterocycles. The number of carboxylic acids is 1. The third-order valence-corrected chi connectivity index (χ3v) is 4.08. The minimum Gasteiger partial charge on any atom is -0.481 e. The summed E-state index contributed by atoms with van der Waals surface area (Å²) in [7, 11) is 0. The Kier molecular flexibility index (Phi) is 2.89. The van der Waals surface area contributed by atoms with E-state index < -0.39 is 29.9 Å². The van der Waals surface area contributed by atoms with Crippen LogP contribution < -0.4 is 0 Å². The molecule has 0 radical (unpaired) electrons. The minimum absolute atomic E-state index is 0.00630. The molecule has 1 aliphatic rings. The molecule has 1 fully saturated rings. The summed E-state index contributed by atoms with van der Waals surface area (Å²) in [5.74, 6) is -2.22. The summed E-state index contributed by atoms with van der Waals surface area (Å²) in [6.45, 7) is 0. The van der Waals surface area contributed by atoms with Gasteiger partial charge in [-0.25, -0.2) is 0 Å². The van der Waals surface area contributed by atoms with Crippen molar-refractivity contribution < 1.29 is 23.1 Å². The molecule has 1 aromatic rings. The van der Waals surface area contributed by atoms with Gasteiger partial charge in [-0.05, 0) is 12.8 Å². The summed E-state index contributed by atoms with van der Waals surface area (Å²) in [6.07, 6.45) is -3.50. The van der Waals surface area contributed by atoms with Crippen LogP contribution >= 0.6 is 11.3 Å². The van der Waals surface area contributed by atoms with Crippen LogP contribution in [0.15, 0.2) is 11.7 Å². The van der Waals surface area contributed by atoms with E-state index in [9.17, 15) is 18.0 Å². The Morgan fingerprint density at radius 3 is 2.59 bits per heavy atom. The molecule has 0 aliphatic heterocycles. The van der Waals surface area contributed by atoms with Crippen LogP contribution in [-0.4, -0.2) is 22.2 Å². The molecule has 0 spiro atoms. The molecule has 1 saturated carbocycles. The van der Waals surface area contributed by atoms with Crippen LogP contribution in [0.5, 0.6) is 0 Å². The zero-order chi connectivity index (χ0) is 12.7. The van der Waals surface area contributed by atoms with Gasteiger partial charge in [0, 0.05) is 17.0 Å².